The summed E-state index contributed by atoms with van der Waals surface area (Å²) >= 11 is 0. The van der Waals surface area contributed by atoms with E-state index in [1.54, 1.807) is 0 Å². The minimum atomic E-state index is 0.835. The van der Waals surface area contributed by atoms with Crippen molar-refractivity contribution in [2.75, 3.05) is 5.73 Å². The molecular formula is C12H14N2. The molecule has 0 saturated heterocycles. The molecular weight excluding hydrogens is 172 g/mol. The minimum absolute atomic E-state index is 0.835. The summed E-state index contributed by atoms with van der Waals surface area (Å²) in [6, 6.07) is 8.01. The Morgan fingerprint density at radius 1 is 1.36 bits per heavy atom. The molecule has 72 valence electrons. The average Bonchev–Trinajstić information content (AvgIpc) is 2.20. The highest BCUT2D eigenvalue weighted by Gasteiger charge is 1.99. The molecule has 1 aromatic heterocycles. The molecule has 0 aliphatic heterocycles. The van der Waals surface area contributed by atoms with Crippen LogP contribution < -0.4 is 5.73 Å². The summed E-state index contributed by atoms with van der Waals surface area (Å²) in [6.07, 6.45) is 4.03. The molecule has 2 rings (SSSR count). The summed E-state index contributed by atoms with van der Waals surface area (Å²) in [5.41, 5.74) is 7.85. The number of hydrogen-bond donors (Lipinski definition) is 1. The van der Waals surface area contributed by atoms with Crippen LogP contribution in [0.1, 0.15) is 19.0 Å². The number of rotatable bonds is 2. The molecule has 0 saturated carbocycles. The molecule has 0 atom stereocenters. The molecule has 0 fully saturated rings. The van der Waals surface area contributed by atoms with Crippen LogP contribution in [0, 0.1) is 0 Å². The zero-order valence-corrected chi connectivity index (χ0v) is 8.33. The van der Waals surface area contributed by atoms with E-state index in [0.717, 1.165) is 35.0 Å². The standard InChI is InChI=1S/C12H14N2/c1-2-4-10-7-11-9(8-14-10)5-3-6-12(11)13/h3,5-8H,2,4,13H2,1H3. The molecule has 2 heteroatoms. The molecule has 0 spiro atoms. The summed E-state index contributed by atoms with van der Waals surface area (Å²) in [5, 5.41) is 2.23. The number of hydrogen-bond acceptors (Lipinski definition) is 2. The second kappa shape index (κ2) is 3.66. The van der Waals surface area contributed by atoms with E-state index in [-0.39, 0.29) is 0 Å². The molecule has 1 aromatic carbocycles. The van der Waals surface area contributed by atoms with Gasteiger partial charge in [0, 0.05) is 28.4 Å². The topological polar surface area (TPSA) is 38.9 Å². The fourth-order valence-electron chi connectivity index (χ4n) is 1.63. The van der Waals surface area contributed by atoms with Gasteiger partial charge in [-0.05, 0) is 18.6 Å². The van der Waals surface area contributed by atoms with Gasteiger partial charge >= 0.3 is 0 Å². The smallest absolute Gasteiger partial charge is 0.0410 e. The number of fused-ring (bicyclic) bond motifs is 1. The predicted octanol–water partition coefficient (Wildman–Crippen LogP) is 2.77. The maximum absolute atomic E-state index is 5.89. The Morgan fingerprint density at radius 3 is 3.00 bits per heavy atom. The number of benzene rings is 1. The maximum atomic E-state index is 5.89. The van der Waals surface area contributed by atoms with Gasteiger partial charge < -0.3 is 5.73 Å². The molecule has 0 amide bonds. The Hall–Kier alpha value is -1.57. The molecule has 0 radical (unpaired) electrons. The number of anilines is 1. The fourth-order valence-corrected chi connectivity index (χ4v) is 1.63. The van der Waals surface area contributed by atoms with Crippen LogP contribution in [0.4, 0.5) is 5.69 Å². The number of nitrogens with two attached hydrogens (primary N) is 1. The van der Waals surface area contributed by atoms with Gasteiger partial charge in [-0.15, -0.1) is 0 Å². The second-order valence-corrected chi connectivity index (χ2v) is 3.49. The highest BCUT2D eigenvalue weighted by molar-refractivity contribution is 5.92. The molecule has 0 unspecified atom stereocenters. The predicted molar refractivity (Wildman–Crippen MR) is 60.2 cm³/mol. The van der Waals surface area contributed by atoms with Gasteiger partial charge in [0.15, 0.2) is 0 Å². The third-order valence-electron chi connectivity index (χ3n) is 2.36. The Morgan fingerprint density at radius 2 is 2.21 bits per heavy atom. The first-order valence-electron chi connectivity index (χ1n) is 4.94. The van der Waals surface area contributed by atoms with Crippen molar-refractivity contribution < 1.29 is 0 Å². The number of aryl methyl sites for hydroxylation is 1. The minimum Gasteiger partial charge on any atom is -0.398 e. The zero-order valence-electron chi connectivity index (χ0n) is 8.33. The lowest BCUT2D eigenvalue weighted by Gasteiger charge is -2.03. The van der Waals surface area contributed by atoms with Gasteiger partial charge in [0.25, 0.3) is 0 Å². The van der Waals surface area contributed by atoms with Crippen LogP contribution >= 0.6 is 0 Å². The number of pyridine rings is 1. The van der Waals surface area contributed by atoms with Crippen molar-refractivity contribution in [2.24, 2.45) is 0 Å². The van der Waals surface area contributed by atoms with E-state index in [1.807, 2.05) is 24.4 Å². The van der Waals surface area contributed by atoms with E-state index in [9.17, 15) is 0 Å². The fraction of sp³-hybridized carbons (Fsp3) is 0.250. The molecule has 1 heterocycles. The largest absolute Gasteiger partial charge is 0.398 e. The van der Waals surface area contributed by atoms with Crippen LogP contribution in [0.3, 0.4) is 0 Å². The molecule has 2 N–H and O–H groups in total. The van der Waals surface area contributed by atoms with Crippen molar-refractivity contribution in [3.05, 3.63) is 36.2 Å². The van der Waals surface area contributed by atoms with E-state index in [2.05, 4.69) is 18.0 Å². The van der Waals surface area contributed by atoms with Gasteiger partial charge in [0.2, 0.25) is 0 Å². The number of nitrogen functional groups attached to an aromatic ring is 1. The Labute approximate surface area is 83.8 Å². The quantitative estimate of drug-likeness (QED) is 0.732. The van der Waals surface area contributed by atoms with Crippen molar-refractivity contribution in [1.82, 2.24) is 4.98 Å². The van der Waals surface area contributed by atoms with E-state index >= 15 is 0 Å². The molecule has 2 nitrogen and oxygen atoms in total. The normalized spacial score (nSPS) is 10.6. The Kier molecular flexibility index (Phi) is 2.35. The third-order valence-corrected chi connectivity index (χ3v) is 2.36. The Balaban J connectivity index is 2.58. The van der Waals surface area contributed by atoms with Crippen LogP contribution in [0.5, 0.6) is 0 Å². The van der Waals surface area contributed by atoms with Crippen molar-refractivity contribution in [3.63, 3.8) is 0 Å². The highest BCUT2D eigenvalue weighted by atomic mass is 14.7. The lowest BCUT2D eigenvalue weighted by molar-refractivity contribution is 0.886. The lowest BCUT2D eigenvalue weighted by Crippen LogP contribution is -1.92. The lowest BCUT2D eigenvalue weighted by atomic mass is 10.1. The molecule has 14 heavy (non-hydrogen) atoms. The number of nitrogens with zero attached hydrogens (tertiary/aromatic N) is 1. The van der Waals surface area contributed by atoms with Gasteiger partial charge in [-0.2, -0.15) is 0 Å². The first kappa shape index (κ1) is 9.00. The summed E-state index contributed by atoms with van der Waals surface area (Å²) in [4.78, 5) is 4.38. The van der Waals surface area contributed by atoms with Crippen LogP contribution in [0.2, 0.25) is 0 Å². The third kappa shape index (κ3) is 1.55. The van der Waals surface area contributed by atoms with Crippen LogP contribution in [0.25, 0.3) is 10.8 Å². The first-order valence-corrected chi connectivity index (χ1v) is 4.94. The SMILES string of the molecule is CCCc1cc2c(N)cccc2cn1. The first-order chi connectivity index (χ1) is 6.81. The summed E-state index contributed by atoms with van der Waals surface area (Å²) < 4.78 is 0. The summed E-state index contributed by atoms with van der Waals surface area (Å²) in [5.74, 6) is 0. The monoisotopic (exact) mass is 186 g/mol. The average molecular weight is 186 g/mol. The van der Waals surface area contributed by atoms with Gasteiger partial charge in [0.1, 0.15) is 0 Å². The van der Waals surface area contributed by atoms with Gasteiger partial charge in [0.05, 0.1) is 0 Å². The number of aromatic nitrogens is 1. The van der Waals surface area contributed by atoms with Crippen molar-refractivity contribution in [1.29, 1.82) is 0 Å². The second-order valence-electron chi connectivity index (χ2n) is 3.49. The van der Waals surface area contributed by atoms with Crippen molar-refractivity contribution in [2.45, 2.75) is 19.8 Å². The van der Waals surface area contributed by atoms with Crippen LogP contribution in [0.15, 0.2) is 30.5 Å². The maximum Gasteiger partial charge on any atom is 0.0410 e. The molecule has 0 aliphatic rings. The van der Waals surface area contributed by atoms with Gasteiger partial charge in [-0.3, -0.25) is 4.98 Å². The van der Waals surface area contributed by atoms with Crippen molar-refractivity contribution >= 4 is 16.5 Å². The molecule has 2 aromatic rings. The van der Waals surface area contributed by atoms with E-state index in [1.165, 1.54) is 0 Å². The summed E-state index contributed by atoms with van der Waals surface area (Å²) in [6.45, 7) is 2.15. The highest BCUT2D eigenvalue weighted by Crippen LogP contribution is 2.20. The molecule has 0 aliphatic carbocycles. The van der Waals surface area contributed by atoms with Gasteiger partial charge in [-0.1, -0.05) is 25.5 Å². The van der Waals surface area contributed by atoms with Crippen LogP contribution in [-0.4, -0.2) is 4.98 Å². The van der Waals surface area contributed by atoms with E-state index < -0.39 is 0 Å². The van der Waals surface area contributed by atoms with E-state index in [4.69, 9.17) is 5.73 Å². The summed E-state index contributed by atoms with van der Waals surface area (Å²) in [7, 11) is 0. The van der Waals surface area contributed by atoms with Crippen molar-refractivity contribution in [3.8, 4) is 0 Å². The van der Waals surface area contributed by atoms with E-state index in [0.29, 0.717) is 0 Å². The van der Waals surface area contributed by atoms with Gasteiger partial charge in [-0.25, -0.2) is 0 Å². The zero-order chi connectivity index (χ0) is 9.97. The Bertz CT molecular complexity index is 449. The molecule has 0 bridgehead atoms. The van der Waals surface area contributed by atoms with Crippen LogP contribution in [-0.2, 0) is 6.42 Å².